The van der Waals surface area contributed by atoms with Gasteiger partial charge in [-0.1, -0.05) is 30.3 Å². The van der Waals surface area contributed by atoms with Crippen molar-refractivity contribution in [1.82, 2.24) is 15.2 Å². The fourth-order valence-corrected chi connectivity index (χ4v) is 3.88. The SMILES string of the molecule is Cc1cnc(CN2CCCNC(C)(c3ccccc3)C2)s1. The van der Waals surface area contributed by atoms with Crippen LogP contribution in [-0.4, -0.2) is 29.5 Å². The van der Waals surface area contributed by atoms with Crippen LogP contribution in [0.2, 0.25) is 0 Å². The van der Waals surface area contributed by atoms with Crippen molar-refractivity contribution in [2.45, 2.75) is 32.4 Å². The Labute approximate surface area is 131 Å². The van der Waals surface area contributed by atoms with Gasteiger partial charge < -0.3 is 5.32 Å². The first kappa shape index (κ1) is 14.7. The minimum absolute atomic E-state index is 0.0179. The van der Waals surface area contributed by atoms with Crippen LogP contribution in [0.4, 0.5) is 0 Å². The molecule has 0 radical (unpaired) electrons. The second-order valence-electron chi connectivity index (χ2n) is 6.05. The topological polar surface area (TPSA) is 28.2 Å². The molecule has 21 heavy (non-hydrogen) atoms. The van der Waals surface area contributed by atoms with Gasteiger partial charge in [0.2, 0.25) is 0 Å². The van der Waals surface area contributed by atoms with E-state index in [-0.39, 0.29) is 5.54 Å². The fraction of sp³-hybridized carbons (Fsp3) is 0.471. The number of thiazole rings is 1. The van der Waals surface area contributed by atoms with Crippen LogP contribution in [0.15, 0.2) is 36.5 Å². The van der Waals surface area contributed by atoms with Crippen LogP contribution in [0.1, 0.15) is 28.8 Å². The number of benzene rings is 1. The fourth-order valence-electron chi connectivity index (χ4n) is 3.05. The van der Waals surface area contributed by atoms with Gasteiger partial charge in [0.25, 0.3) is 0 Å². The van der Waals surface area contributed by atoms with Crippen molar-refractivity contribution < 1.29 is 0 Å². The van der Waals surface area contributed by atoms with Gasteiger partial charge in [-0.05, 0) is 38.9 Å². The molecule has 2 aromatic rings. The first-order chi connectivity index (χ1) is 10.2. The van der Waals surface area contributed by atoms with Crippen LogP contribution in [0.25, 0.3) is 0 Å². The highest BCUT2D eigenvalue weighted by atomic mass is 32.1. The highest BCUT2D eigenvalue weighted by molar-refractivity contribution is 7.11. The highest BCUT2D eigenvalue weighted by Gasteiger charge is 2.30. The number of rotatable bonds is 3. The van der Waals surface area contributed by atoms with Crippen molar-refractivity contribution in [3.8, 4) is 0 Å². The molecule has 1 aliphatic heterocycles. The second-order valence-corrected chi connectivity index (χ2v) is 7.37. The van der Waals surface area contributed by atoms with Crippen LogP contribution in [-0.2, 0) is 12.1 Å². The molecule has 0 amide bonds. The van der Waals surface area contributed by atoms with E-state index in [2.05, 4.69) is 59.4 Å². The summed E-state index contributed by atoms with van der Waals surface area (Å²) in [7, 11) is 0. The standard InChI is InChI=1S/C17H23N3S/c1-14-11-18-16(21-14)12-20-10-6-9-19-17(2,13-20)15-7-4-3-5-8-15/h3-5,7-8,11,19H,6,9-10,12-13H2,1-2H3. The molecule has 0 saturated carbocycles. The predicted octanol–water partition coefficient (Wildman–Crippen LogP) is 3.16. The molecule has 1 N–H and O–H groups in total. The van der Waals surface area contributed by atoms with E-state index in [0.717, 1.165) is 26.2 Å². The first-order valence-electron chi connectivity index (χ1n) is 7.60. The van der Waals surface area contributed by atoms with Gasteiger partial charge in [0, 0.05) is 17.6 Å². The molecule has 4 heteroatoms. The Balaban J connectivity index is 1.77. The van der Waals surface area contributed by atoms with Crippen molar-refractivity contribution in [1.29, 1.82) is 0 Å². The Kier molecular flexibility index (Phi) is 4.38. The van der Waals surface area contributed by atoms with E-state index in [0.29, 0.717) is 0 Å². The third-order valence-electron chi connectivity index (χ3n) is 4.15. The van der Waals surface area contributed by atoms with E-state index >= 15 is 0 Å². The third kappa shape index (κ3) is 3.51. The molecule has 3 rings (SSSR count). The summed E-state index contributed by atoms with van der Waals surface area (Å²) in [5.41, 5.74) is 1.39. The Morgan fingerprint density at radius 1 is 1.33 bits per heavy atom. The van der Waals surface area contributed by atoms with Crippen molar-refractivity contribution in [3.63, 3.8) is 0 Å². The molecule has 1 fully saturated rings. The smallest absolute Gasteiger partial charge is 0.107 e. The number of aryl methyl sites for hydroxylation is 1. The van der Waals surface area contributed by atoms with Crippen LogP contribution in [0.3, 0.4) is 0 Å². The van der Waals surface area contributed by atoms with Gasteiger partial charge in [-0.2, -0.15) is 0 Å². The summed E-state index contributed by atoms with van der Waals surface area (Å²) in [6.45, 7) is 8.62. The molecule has 1 aliphatic rings. The van der Waals surface area contributed by atoms with E-state index < -0.39 is 0 Å². The van der Waals surface area contributed by atoms with Crippen LogP contribution in [0.5, 0.6) is 0 Å². The average molecular weight is 301 g/mol. The van der Waals surface area contributed by atoms with Gasteiger partial charge in [-0.15, -0.1) is 11.3 Å². The summed E-state index contributed by atoms with van der Waals surface area (Å²) in [6, 6.07) is 10.8. The minimum atomic E-state index is 0.0179. The summed E-state index contributed by atoms with van der Waals surface area (Å²) < 4.78 is 0. The molecule has 112 valence electrons. The summed E-state index contributed by atoms with van der Waals surface area (Å²) in [5, 5.41) is 4.96. The zero-order valence-corrected chi connectivity index (χ0v) is 13.6. The van der Waals surface area contributed by atoms with Crippen LogP contribution >= 0.6 is 11.3 Å². The van der Waals surface area contributed by atoms with Gasteiger partial charge in [0.05, 0.1) is 12.1 Å². The Bertz CT molecular complexity index is 581. The Morgan fingerprint density at radius 2 is 2.14 bits per heavy atom. The number of nitrogens with zero attached hydrogens (tertiary/aromatic N) is 2. The Morgan fingerprint density at radius 3 is 2.86 bits per heavy atom. The molecular weight excluding hydrogens is 278 g/mol. The monoisotopic (exact) mass is 301 g/mol. The minimum Gasteiger partial charge on any atom is -0.307 e. The van der Waals surface area contributed by atoms with Crippen molar-refractivity contribution in [3.05, 3.63) is 52.0 Å². The number of hydrogen-bond donors (Lipinski definition) is 1. The molecule has 1 unspecified atom stereocenters. The van der Waals surface area contributed by atoms with Gasteiger partial charge >= 0.3 is 0 Å². The molecule has 0 spiro atoms. The largest absolute Gasteiger partial charge is 0.307 e. The Hall–Kier alpha value is -1.23. The lowest BCUT2D eigenvalue weighted by atomic mass is 9.91. The maximum atomic E-state index is 4.52. The maximum Gasteiger partial charge on any atom is 0.107 e. The maximum absolute atomic E-state index is 4.52. The average Bonchev–Trinajstić information content (AvgIpc) is 2.79. The lowest BCUT2D eigenvalue weighted by molar-refractivity contribution is 0.213. The van der Waals surface area contributed by atoms with Crippen molar-refractivity contribution in [2.24, 2.45) is 0 Å². The van der Waals surface area contributed by atoms with Crippen LogP contribution < -0.4 is 5.32 Å². The normalized spacial score (nSPS) is 23.9. The predicted molar refractivity (Wildman–Crippen MR) is 88.5 cm³/mol. The second kappa shape index (κ2) is 6.26. The molecule has 0 bridgehead atoms. The first-order valence-corrected chi connectivity index (χ1v) is 8.42. The van der Waals surface area contributed by atoms with E-state index in [4.69, 9.17) is 0 Å². The van der Waals surface area contributed by atoms with Gasteiger partial charge in [0.15, 0.2) is 0 Å². The molecule has 1 saturated heterocycles. The lowest BCUT2D eigenvalue weighted by Crippen LogP contribution is -2.46. The summed E-state index contributed by atoms with van der Waals surface area (Å²) in [5.74, 6) is 0. The molecule has 1 atom stereocenters. The van der Waals surface area contributed by atoms with E-state index in [1.807, 2.05) is 17.5 Å². The summed E-state index contributed by atoms with van der Waals surface area (Å²) >= 11 is 1.81. The van der Waals surface area contributed by atoms with Gasteiger partial charge in [-0.25, -0.2) is 4.98 Å². The van der Waals surface area contributed by atoms with Gasteiger partial charge in [-0.3, -0.25) is 4.90 Å². The molecule has 1 aromatic heterocycles. The van der Waals surface area contributed by atoms with Crippen molar-refractivity contribution in [2.75, 3.05) is 19.6 Å². The highest BCUT2D eigenvalue weighted by Crippen LogP contribution is 2.25. The zero-order chi connectivity index (χ0) is 14.7. The molecule has 0 aliphatic carbocycles. The zero-order valence-electron chi connectivity index (χ0n) is 12.8. The number of hydrogen-bond acceptors (Lipinski definition) is 4. The van der Waals surface area contributed by atoms with Crippen LogP contribution in [0, 0.1) is 6.92 Å². The van der Waals surface area contributed by atoms with E-state index in [1.165, 1.54) is 21.9 Å². The lowest BCUT2D eigenvalue weighted by Gasteiger charge is -2.34. The molecule has 2 heterocycles. The molecule has 3 nitrogen and oxygen atoms in total. The number of nitrogens with one attached hydrogen (secondary N) is 1. The van der Waals surface area contributed by atoms with Crippen molar-refractivity contribution >= 4 is 11.3 Å². The third-order valence-corrected chi connectivity index (χ3v) is 5.04. The van der Waals surface area contributed by atoms with E-state index in [1.54, 1.807) is 0 Å². The van der Waals surface area contributed by atoms with E-state index in [9.17, 15) is 0 Å². The van der Waals surface area contributed by atoms with Gasteiger partial charge in [0.1, 0.15) is 5.01 Å². The quantitative estimate of drug-likeness (QED) is 0.944. The molecular formula is C17H23N3S. The summed E-state index contributed by atoms with van der Waals surface area (Å²) in [4.78, 5) is 8.35. The summed E-state index contributed by atoms with van der Waals surface area (Å²) in [6.07, 6.45) is 3.17. The number of aromatic nitrogens is 1. The molecule has 1 aromatic carbocycles.